The number of rotatable bonds is 4. The molecule has 0 atom stereocenters. The molecule has 8 nitrogen and oxygen atoms in total. The van der Waals surface area contributed by atoms with Crippen molar-refractivity contribution in [1.82, 2.24) is 20.2 Å². The molecule has 3 rings (SSSR count). The standard InChI is InChI=1S/C16H12ClN5O3/c1-25-16(24)10-2-4-11(5-3-10)19-15(23)13-8-12(6-7-14(13)17)22-9-18-20-21-22/h2-9H,1H3,(H,19,23). The Bertz CT molecular complexity index is 910. The van der Waals surface area contributed by atoms with Gasteiger partial charge in [-0.15, -0.1) is 5.10 Å². The molecule has 0 unspecified atom stereocenters. The van der Waals surface area contributed by atoms with Crippen molar-refractivity contribution in [1.29, 1.82) is 0 Å². The summed E-state index contributed by atoms with van der Waals surface area (Å²) < 4.78 is 6.04. The average molecular weight is 358 g/mol. The van der Waals surface area contributed by atoms with Crippen LogP contribution < -0.4 is 5.32 Å². The number of ether oxygens (including phenoxy) is 1. The van der Waals surface area contributed by atoms with Crippen LogP contribution in [0.1, 0.15) is 20.7 Å². The Kier molecular flexibility index (Phi) is 4.71. The molecule has 0 spiro atoms. The molecule has 0 bridgehead atoms. The monoisotopic (exact) mass is 357 g/mol. The van der Waals surface area contributed by atoms with Crippen LogP contribution in [0.5, 0.6) is 0 Å². The smallest absolute Gasteiger partial charge is 0.337 e. The Labute approximate surface area is 147 Å². The van der Waals surface area contributed by atoms with E-state index in [9.17, 15) is 9.59 Å². The van der Waals surface area contributed by atoms with E-state index in [1.165, 1.54) is 18.1 Å². The summed E-state index contributed by atoms with van der Waals surface area (Å²) in [7, 11) is 1.30. The average Bonchev–Trinajstić information content (AvgIpc) is 3.16. The molecule has 9 heteroatoms. The summed E-state index contributed by atoms with van der Waals surface area (Å²) in [6.07, 6.45) is 1.41. The molecular formula is C16H12ClN5O3. The molecule has 1 amide bonds. The van der Waals surface area contributed by atoms with Crippen LogP contribution in [0.2, 0.25) is 5.02 Å². The fraction of sp³-hybridized carbons (Fsp3) is 0.0625. The molecule has 0 aliphatic rings. The van der Waals surface area contributed by atoms with Gasteiger partial charge in [0, 0.05) is 5.69 Å². The SMILES string of the molecule is COC(=O)c1ccc(NC(=O)c2cc(-n3cnnn3)ccc2Cl)cc1. The molecule has 3 aromatic rings. The zero-order valence-electron chi connectivity index (χ0n) is 13.0. The van der Waals surface area contributed by atoms with E-state index in [1.807, 2.05) is 0 Å². The largest absolute Gasteiger partial charge is 0.465 e. The first-order valence-electron chi connectivity index (χ1n) is 7.11. The number of methoxy groups -OCH3 is 1. The highest BCUT2D eigenvalue weighted by Gasteiger charge is 2.13. The van der Waals surface area contributed by atoms with Gasteiger partial charge in [0.15, 0.2) is 0 Å². The van der Waals surface area contributed by atoms with Gasteiger partial charge < -0.3 is 10.1 Å². The number of carbonyl (C=O) groups excluding carboxylic acids is 2. The maximum absolute atomic E-state index is 12.5. The van der Waals surface area contributed by atoms with Crippen LogP contribution >= 0.6 is 11.6 Å². The quantitative estimate of drug-likeness (QED) is 0.719. The molecule has 0 aliphatic carbocycles. The summed E-state index contributed by atoms with van der Waals surface area (Å²) in [6, 6.07) is 11.2. The normalized spacial score (nSPS) is 10.3. The third-order valence-corrected chi connectivity index (χ3v) is 3.70. The Hall–Kier alpha value is -3.26. The van der Waals surface area contributed by atoms with Gasteiger partial charge in [0.1, 0.15) is 6.33 Å². The van der Waals surface area contributed by atoms with E-state index in [-0.39, 0.29) is 5.56 Å². The summed E-state index contributed by atoms with van der Waals surface area (Å²) in [6.45, 7) is 0. The summed E-state index contributed by atoms with van der Waals surface area (Å²) in [5, 5.41) is 13.9. The summed E-state index contributed by atoms with van der Waals surface area (Å²) in [5.41, 5.74) is 1.77. The molecule has 2 aromatic carbocycles. The molecule has 0 saturated carbocycles. The summed E-state index contributed by atoms with van der Waals surface area (Å²) >= 11 is 6.12. The van der Waals surface area contributed by atoms with Crippen LogP contribution in [-0.4, -0.2) is 39.2 Å². The van der Waals surface area contributed by atoms with Crippen molar-refractivity contribution >= 4 is 29.2 Å². The van der Waals surface area contributed by atoms with Gasteiger partial charge in [-0.2, -0.15) is 0 Å². The molecule has 1 aromatic heterocycles. The van der Waals surface area contributed by atoms with Gasteiger partial charge in [0.05, 0.1) is 28.9 Å². The maximum atomic E-state index is 12.5. The number of hydrogen-bond acceptors (Lipinski definition) is 6. The highest BCUT2D eigenvalue weighted by molar-refractivity contribution is 6.34. The van der Waals surface area contributed by atoms with E-state index in [0.29, 0.717) is 22.0 Å². The number of nitrogens with zero attached hydrogens (tertiary/aromatic N) is 4. The highest BCUT2D eigenvalue weighted by Crippen LogP contribution is 2.21. The third kappa shape index (κ3) is 3.64. The number of halogens is 1. The predicted molar refractivity (Wildman–Crippen MR) is 89.9 cm³/mol. The Balaban J connectivity index is 1.81. The number of tetrazole rings is 1. The predicted octanol–water partition coefficient (Wildman–Crippen LogP) is 2.35. The molecular weight excluding hydrogens is 346 g/mol. The minimum atomic E-state index is -0.449. The van der Waals surface area contributed by atoms with Crippen LogP contribution in [-0.2, 0) is 4.74 Å². The Morgan fingerprint density at radius 2 is 1.92 bits per heavy atom. The van der Waals surface area contributed by atoms with Crippen molar-refractivity contribution in [3.63, 3.8) is 0 Å². The minimum Gasteiger partial charge on any atom is -0.465 e. The topological polar surface area (TPSA) is 99.0 Å². The summed E-state index contributed by atoms with van der Waals surface area (Å²) in [4.78, 5) is 23.9. The number of amides is 1. The van der Waals surface area contributed by atoms with Gasteiger partial charge in [-0.05, 0) is 52.9 Å². The van der Waals surface area contributed by atoms with E-state index in [1.54, 1.807) is 42.5 Å². The van der Waals surface area contributed by atoms with Crippen LogP contribution in [0, 0.1) is 0 Å². The van der Waals surface area contributed by atoms with E-state index in [4.69, 9.17) is 11.6 Å². The number of hydrogen-bond donors (Lipinski definition) is 1. The van der Waals surface area contributed by atoms with E-state index in [0.717, 1.165) is 0 Å². The molecule has 1 heterocycles. The van der Waals surface area contributed by atoms with Gasteiger partial charge in [-0.3, -0.25) is 4.79 Å². The van der Waals surface area contributed by atoms with Crippen LogP contribution in [0.15, 0.2) is 48.8 Å². The van der Waals surface area contributed by atoms with Gasteiger partial charge >= 0.3 is 5.97 Å². The second kappa shape index (κ2) is 7.10. The number of nitrogens with one attached hydrogen (secondary N) is 1. The fourth-order valence-corrected chi connectivity index (χ4v) is 2.32. The lowest BCUT2D eigenvalue weighted by molar-refractivity contribution is 0.0600. The molecule has 126 valence electrons. The van der Waals surface area contributed by atoms with Gasteiger partial charge in [0.2, 0.25) is 0 Å². The first-order chi connectivity index (χ1) is 12.1. The van der Waals surface area contributed by atoms with Crippen LogP contribution in [0.25, 0.3) is 5.69 Å². The lowest BCUT2D eigenvalue weighted by Gasteiger charge is -2.09. The molecule has 1 N–H and O–H groups in total. The summed E-state index contributed by atoms with van der Waals surface area (Å²) in [5.74, 6) is -0.846. The van der Waals surface area contributed by atoms with Crippen molar-refractivity contribution in [2.24, 2.45) is 0 Å². The number of carbonyl (C=O) groups is 2. The van der Waals surface area contributed by atoms with Gasteiger partial charge in [0.25, 0.3) is 5.91 Å². The molecule has 0 radical (unpaired) electrons. The maximum Gasteiger partial charge on any atom is 0.337 e. The van der Waals surface area contributed by atoms with Crippen molar-refractivity contribution in [2.75, 3.05) is 12.4 Å². The Morgan fingerprint density at radius 1 is 1.16 bits per heavy atom. The van der Waals surface area contributed by atoms with E-state index in [2.05, 4.69) is 25.6 Å². The van der Waals surface area contributed by atoms with Crippen molar-refractivity contribution in [3.8, 4) is 5.69 Å². The molecule has 0 aliphatic heterocycles. The molecule has 0 fully saturated rings. The highest BCUT2D eigenvalue weighted by atomic mass is 35.5. The first kappa shape index (κ1) is 16.6. The lowest BCUT2D eigenvalue weighted by Crippen LogP contribution is -2.13. The third-order valence-electron chi connectivity index (χ3n) is 3.37. The molecule has 25 heavy (non-hydrogen) atoms. The van der Waals surface area contributed by atoms with Crippen molar-refractivity contribution in [3.05, 3.63) is 64.9 Å². The lowest BCUT2D eigenvalue weighted by atomic mass is 10.1. The van der Waals surface area contributed by atoms with Gasteiger partial charge in [-0.1, -0.05) is 11.6 Å². The van der Waals surface area contributed by atoms with Crippen molar-refractivity contribution in [2.45, 2.75) is 0 Å². The van der Waals surface area contributed by atoms with Crippen LogP contribution in [0.3, 0.4) is 0 Å². The zero-order valence-corrected chi connectivity index (χ0v) is 13.8. The minimum absolute atomic E-state index is 0.270. The first-order valence-corrected chi connectivity index (χ1v) is 7.49. The number of aromatic nitrogens is 4. The second-order valence-corrected chi connectivity index (χ2v) is 5.35. The fourth-order valence-electron chi connectivity index (χ4n) is 2.12. The second-order valence-electron chi connectivity index (χ2n) is 4.94. The van der Waals surface area contributed by atoms with Crippen molar-refractivity contribution < 1.29 is 14.3 Å². The zero-order chi connectivity index (χ0) is 17.8. The number of anilines is 1. The van der Waals surface area contributed by atoms with E-state index < -0.39 is 11.9 Å². The Morgan fingerprint density at radius 3 is 2.56 bits per heavy atom. The van der Waals surface area contributed by atoms with Crippen LogP contribution in [0.4, 0.5) is 5.69 Å². The molecule has 0 saturated heterocycles. The van der Waals surface area contributed by atoms with Gasteiger partial charge in [-0.25, -0.2) is 9.48 Å². The number of esters is 1. The number of benzene rings is 2. The van der Waals surface area contributed by atoms with E-state index >= 15 is 0 Å².